The molecule has 6 heteroatoms. The number of hydrogen-bond donors (Lipinski definition) is 1. The first-order valence-corrected chi connectivity index (χ1v) is 11.5. The van der Waals surface area contributed by atoms with E-state index in [0.717, 1.165) is 17.5 Å². The highest BCUT2D eigenvalue weighted by atomic mass is 16.5. The summed E-state index contributed by atoms with van der Waals surface area (Å²) in [6, 6.07) is 19.5. The van der Waals surface area contributed by atoms with Gasteiger partial charge in [-0.25, -0.2) is 0 Å². The molecule has 1 atom stereocenters. The van der Waals surface area contributed by atoms with Crippen LogP contribution in [0.2, 0.25) is 0 Å². The average molecular weight is 447 g/mol. The number of carbonyl (C=O) groups is 2. The highest BCUT2D eigenvalue weighted by molar-refractivity contribution is 5.91. The van der Waals surface area contributed by atoms with Crippen molar-refractivity contribution in [2.75, 3.05) is 6.54 Å². The Morgan fingerprint density at radius 1 is 1.12 bits per heavy atom. The van der Waals surface area contributed by atoms with Gasteiger partial charge in [0.2, 0.25) is 5.91 Å². The van der Waals surface area contributed by atoms with Crippen LogP contribution in [0, 0.1) is 0 Å². The van der Waals surface area contributed by atoms with Crippen LogP contribution in [-0.2, 0) is 17.8 Å². The fraction of sp³-hybridized carbons (Fsp3) is 0.333. The predicted molar refractivity (Wildman–Crippen MR) is 126 cm³/mol. The SMILES string of the molecule is CCC(=O)N1CCc2ccc(OCc3ccc(C(=O)NC(C)C)o3)cc2C1c1ccccc1. The standard InChI is InChI=1S/C27H30N2O4/c1-4-25(30)29-15-14-19-10-11-21(16-23(19)26(29)20-8-6-5-7-9-20)32-17-22-12-13-24(33-22)27(31)28-18(2)3/h5-13,16,18,26H,4,14-15,17H2,1-3H3,(H,28,31). The molecule has 33 heavy (non-hydrogen) atoms. The van der Waals surface area contributed by atoms with Crippen LogP contribution in [0.1, 0.15) is 66.2 Å². The van der Waals surface area contributed by atoms with Gasteiger partial charge in [0.25, 0.3) is 5.91 Å². The summed E-state index contributed by atoms with van der Waals surface area (Å²) in [6.07, 6.45) is 1.29. The fourth-order valence-electron chi connectivity index (χ4n) is 4.21. The highest BCUT2D eigenvalue weighted by Gasteiger charge is 2.31. The predicted octanol–water partition coefficient (Wildman–Crippen LogP) is 4.88. The lowest BCUT2D eigenvalue weighted by Crippen LogP contribution is -2.40. The van der Waals surface area contributed by atoms with Crippen LogP contribution < -0.4 is 10.1 Å². The second-order valence-corrected chi connectivity index (χ2v) is 8.55. The Kier molecular flexibility index (Phi) is 6.82. The Hall–Kier alpha value is -3.54. The summed E-state index contributed by atoms with van der Waals surface area (Å²) in [5, 5.41) is 2.81. The normalized spacial score (nSPS) is 15.3. The van der Waals surface area contributed by atoms with Crippen molar-refractivity contribution in [3.63, 3.8) is 0 Å². The second kappa shape index (κ2) is 9.94. The maximum Gasteiger partial charge on any atom is 0.287 e. The van der Waals surface area contributed by atoms with Gasteiger partial charge in [0.15, 0.2) is 5.76 Å². The number of rotatable bonds is 7. The zero-order chi connectivity index (χ0) is 23.4. The van der Waals surface area contributed by atoms with Crippen molar-refractivity contribution in [2.45, 2.75) is 52.3 Å². The number of benzene rings is 2. The Morgan fingerprint density at radius 2 is 1.91 bits per heavy atom. The minimum absolute atomic E-state index is 0.0366. The monoisotopic (exact) mass is 446 g/mol. The summed E-state index contributed by atoms with van der Waals surface area (Å²) in [5.74, 6) is 1.44. The van der Waals surface area contributed by atoms with Gasteiger partial charge in [0.05, 0.1) is 6.04 Å². The summed E-state index contributed by atoms with van der Waals surface area (Å²) < 4.78 is 11.7. The summed E-state index contributed by atoms with van der Waals surface area (Å²) in [6.45, 7) is 6.62. The first-order valence-electron chi connectivity index (χ1n) is 11.5. The maximum atomic E-state index is 12.7. The molecule has 1 N–H and O–H groups in total. The number of fused-ring (bicyclic) bond motifs is 1. The Balaban J connectivity index is 1.55. The first-order chi connectivity index (χ1) is 16.0. The molecular formula is C27H30N2O4. The maximum absolute atomic E-state index is 12.7. The van der Waals surface area contributed by atoms with Crippen LogP contribution >= 0.6 is 0 Å². The first kappa shape index (κ1) is 22.6. The lowest BCUT2D eigenvalue weighted by Gasteiger charge is -2.38. The number of nitrogens with one attached hydrogen (secondary N) is 1. The molecule has 0 bridgehead atoms. The van der Waals surface area contributed by atoms with E-state index in [1.807, 2.05) is 56.0 Å². The summed E-state index contributed by atoms with van der Waals surface area (Å²) in [7, 11) is 0. The minimum Gasteiger partial charge on any atom is -0.486 e. The molecule has 0 radical (unpaired) electrons. The Morgan fingerprint density at radius 3 is 2.64 bits per heavy atom. The summed E-state index contributed by atoms with van der Waals surface area (Å²) >= 11 is 0. The molecule has 0 spiro atoms. The molecule has 2 aromatic carbocycles. The number of nitrogens with zero attached hydrogens (tertiary/aromatic N) is 1. The third-order valence-corrected chi connectivity index (χ3v) is 5.77. The van der Waals surface area contributed by atoms with E-state index in [1.165, 1.54) is 5.56 Å². The molecule has 2 heterocycles. The molecule has 1 aliphatic heterocycles. The molecule has 1 aromatic heterocycles. The topological polar surface area (TPSA) is 71.8 Å². The zero-order valence-electron chi connectivity index (χ0n) is 19.3. The van der Waals surface area contributed by atoms with Gasteiger partial charge in [0.1, 0.15) is 18.1 Å². The highest BCUT2D eigenvalue weighted by Crippen LogP contribution is 2.37. The van der Waals surface area contributed by atoms with Crippen molar-refractivity contribution < 1.29 is 18.7 Å². The minimum atomic E-state index is -0.239. The molecule has 6 nitrogen and oxygen atoms in total. The van der Waals surface area contributed by atoms with E-state index in [-0.39, 0.29) is 36.3 Å². The van der Waals surface area contributed by atoms with Gasteiger partial charge in [-0.3, -0.25) is 9.59 Å². The molecule has 3 aromatic rings. The van der Waals surface area contributed by atoms with Crippen LogP contribution in [0.15, 0.2) is 65.1 Å². The number of carbonyl (C=O) groups excluding carboxylic acids is 2. The van der Waals surface area contributed by atoms with Gasteiger partial charge in [0, 0.05) is 19.0 Å². The Bertz CT molecular complexity index is 1120. The van der Waals surface area contributed by atoms with Crippen molar-refractivity contribution >= 4 is 11.8 Å². The van der Waals surface area contributed by atoms with Crippen LogP contribution in [0.3, 0.4) is 0 Å². The molecule has 0 saturated carbocycles. The average Bonchev–Trinajstić information content (AvgIpc) is 3.31. The van der Waals surface area contributed by atoms with Gasteiger partial charge in [-0.05, 0) is 61.2 Å². The molecule has 0 saturated heterocycles. The van der Waals surface area contributed by atoms with Crippen molar-refractivity contribution in [3.8, 4) is 5.75 Å². The smallest absolute Gasteiger partial charge is 0.287 e. The Labute approximate surface area is 194 Å². The molecule has 4 rings (SSSR count). The van der Waals surface area contributed by atoms with E-state index in [0.29, 0.717) is 24.5 Å². The van der Waals surface area contributed by atoms with Crippen LogP contribution in [0.25, 0.3) is 0 Å². The third kappa shape index (κ3) is 5.11. The fourth-order valence-corrected chi connectivity index (χ4v) is 4.21. The number of hydrogen-bond acceptors (Lipinski definition) is 4. The molecular weight excluding hydrogens is 416 g/mol. The van der Waals surface area contributed by atoms with E-state index in [9.17, 15) is 9.59 Å². The number of amides is 2. The molecule has 1 aliphatic rings. The van der Waals surface area contributed by atoms with Gasteiger partial charge >= 0.3 is 0 Å². The van der Waals surface area contributed by atoms with Gasteiger partial charge in [-0.2, -0.15) is 0 Å². The van der Waals surface area contributed by atoms with Crippen LogP contribution in [0.5, 0.6) is 5.75 Å². The quantitative estimate of drug-likeness (QED) is 0.561. The summed E-state index contributed by atoms with van der Waals surface area (Å²) in [5.41, 5.74) is 3.40. The van der Waals surface area contributed by atoms with Crippen molar-refractivity contribution in [2.24, 2.45) is 0 Å². The molecule has 172 valence electrons. The van der Waals surface area contributed by atoms with E-state index in [2.05, 4.69) is 23.5 Å². The van der Waals surface area contributed by atoms with Crippen LogP contribution in [-0.4, -0.2) is 29.3 Å². The number of ether oxygens (including phenoxy) is 1. The third-order valence-electron chi connectivity index (χ3n) is 5.77. The van der Waals surface area contributed by atoms with Crippen molar-refractivity contribution in [3.05, 3.63) is 88.9 Å². The number of furan rings is 1. The van der Waals surface area contributed by atoms with Gasteiger partial charge < -0.3 is 19.4 Å². The van der Waals surface area contributed by atoms with E-state index in [1.54, 1.807) is 12.1 Å². The van der Waals surface area contributed by atoms with E-state index < -0.39 is 0 Å². The lowest BCUT2D eigenvalue weighted by molar-refractivity contribution is -0.132. The van der Waals surface area contributed by atoms with E-state index >= 15 is 0 Å². The lowest BCUT2D eigenvalue weighted by atomic mass is 9.87. The van der Waals surface area contributed by atoms with Crippen molar-refractivity contribution in [1.82, 2.24) is 10.2 Å². The largest absolute Gasteiger partial charge is 0.486 e. The van der Waals surface area contributed by atoms with Crippen LogP contribution in [0.4, 0.5) is 0 Å². The van der Waals surface area contributed by atoms with Crippen molar-refractivity contribution in [1.29, 1.82) is 0 Å². The summed E-state index contributed by atoms with van der Waals surface area (Å²) in [4.78, 5) is 26.8. The molecule has 2 amide bonds. The van der Waals surface area contributed by atoms with Gasteiger partial charge in [-0.1, -0.05) is 43.3 Å². The van der Waals surface area contributed by atoms with Gasteiger partial charge in [-0.15, -0.1) is 0 Å². The molecule has 0 fully saturated rings. The molecule has 0 aliphatic carbocycles. The zero-order valence-corrected chi connectivity index (χ0v) is 19.3. The second-order valence-electron chi connectivity index (χ2n) is 8.55. The van der Waals surface area contributed by atoms with E-state index in [4.69, 9.17) is 9.15 Å². The molecule has 1 unspecified atom stereocenters.